The largest absolute Gasteiger partial charge is 0.310 e. The minimum Gasteiger partial charge on any atom is -0.310 e. The Morgan fingerprint density at radius 3 is 1.28 bits per heavy atom. The number of aromatic nitrogens is 5. The molecule has 8 aromatic rings. The first-order chi connectivity index (χ1) is 31.8. The molecule has 5 heterocycles. The molecule has 0 spiro atoms. The average molecular weight is 884 g/mol. The molecule has 5 aromatic carbocycles. The monoisotopic (exact) mass is 884 g/mol. The molecule has 2 aliphatic carbocycles. The summed E-state index contributed by atoms with van der Waals surface area (Å²) in [5, 5.41) is 5.69. The highest BCUT2D eigenvalue weighted by atomic mass is 15.0. The molecule has 2 fully saturated rings. The number of nitrogens with zero attached hydrogens (tertiary/aromatic N) is 5. The van der Waals surface area contributed by atoms with Crippen molar-refractivity contribution in [3.63, 3.8) is 0 Å². The van der Waals surface area contributed by atoms with Crippen LogP contribution in [0.4, 0.5) is 0 Å². The molecule has 0 bridgehead atoms. The van der Waals surface area contributed by atoms with Crippen LogP contribution in [0.2, 0.25) is 0 Å². The van der Waals surface area contributed by atoms with Gasteiger partial charge in [0.1, 0.15) is 12.7 Å². The van der Waals surface area contributed by atoms with Gasteiger partial charge in [-0.15, -0.1) is 0 Å². The Labute approximate surface area is 399 Å². The summed E-state index contributed by atoms with van der Waals surface area (Å²) in [5.41, 5.74) is 21.8. The summed E-state index contributed by atoms with van der Waals surface area (Å²) in [6, 6.07) is 25.9. The van der Waals surface area contributed by atoms with Crippen molar-refractivity contribution in [3.05, 3.63) is 107 Å². The predicted molar refractivity (Wildman–Crippen MR) is 285 cm³/mol. The predicted octanol–water partition coefficient (Wildman–Crippen LogP) is 14.2. The molecule has 3 aromatic heterocycles. The van der Waals surface area contributed by atoms with Crippen LogP contribution in [0.25, 0.3) is 66.4 Å². The van der Waals surface area contributed by atoms with E-state index in [4.69, 9.17) is 9.97 Å². The van der Waals surface area contributed by atoms with Crippen LogP contribution in [-0.2, 0) is 21.7 Å². The summed E-state index contributed by atoms with van der Waals surface area (Å²) < 4.78 is 5.43. The highest BCUT2D eigenvalue weighted by molar-refractivity contribution is 7.00. The van der Waals surface area contributed by atoms with Gasteiger partial charge in [0.2, 0.25) is 0 Å². The minimum absolute atomic E-state index is 0.0377. The molecule has 0 amide bonds. The lowest BCUT2D eigenvalue weighted by Crippen LogP contribution is -2.59. The smallest absolute Gasteiger partial charge is 0.252 e. The number of rotatable bonds is 3. The molecule has 2 saturated carbocycles. The summed E-state index contributed by atoms with van der Waals surface area (Å²) in [6.45, 7) is 28.9. The fourth-order valence-corrected chi connectivity index (χ4v) is 13.3. The van der Waals surface area contributed by atoms with Gasteiger partial charge in [-0.05, 0) is 145 Å². The molecule has 0 unspecified atom stereocenters. The highest BCUT2D eigenvalue weighted by Crippen LogP contribution is 2.49. The lowest BCUT2D eigenvalue weighted by atomic mass is 9.34. The minimum atomic E-state index is -0.0744. The molecule has 0 radical (unpaired) electrons. The zero-order valence-electron chi connectivity index (χ0n) is 42.5. The van der Waals surface area contributed by atoms with E-state index in [2.05, 4.69) is 158 Å². The molecule has 0 N–H and O–H groups in total. The maximum absolute atomic E-state index is 4.87. The van der Waals surface area contributed by atoms with Gasteiger partial charge in [-0.3, -0.25) is 0 Å². The summed E-state index contributed by atoms with van der Waals surface area (Å²) in [6.07, 6.45) is 16.4. The van der Waals surface area contributed by atoms with Crippen molar-refractivity contribution in [2.75, 3.05) is 0 Å². The van der Waals surface area contributed by atoms with E-state index < -0.39 is 0 Å². The molecule has 12 rings (SSSR count). The Morgan fingerprint density at radius 2 is 0.896 bits per heavy atom. The van der Waals surface area contributed by atoms with Crippen molar-refractivity contribution < 1.29 is 0 Å². The van der Waals surface area contributed by atoms with Gasteiger partial charge in [0, 0.05) is 49.5 Å². The summed E-state index contributed by atoms with van der Waals surface area (Å²) in [4.78, 5) is 14.0. The van der Waals surface area contributed by atoms with Gasteiger partial charge >= 0.3 is 0 Å². The first-order valence-corrected chi connectivity index (χ1v) is 25.9. The zero-order valence-corrected chi connectivity index (χ0v) is 42.5. The van der Waals surface area contributed by atoms with Gasteiger partial charge in [0.15, 0.2) is 5.82 Å². The van der Waals surface area contributed by atoms with Crippen molar-refractivity contribution in [1.82, 2.24) is 24.1 Å². The van der Waals surface area contributed by atoms with E-state index in [-0.39, 0.29) is 28.4 Å². The van der Waals surface area contributed by atoms with Crippen molar-refractivity contribution in [1.29, 1.82) is 0 Å². The molecular weight excluding hydrogens is 814 g/mol. The van der Waals surface area contributed by atoms with Crippen LogP contribution in [0.15, 0.2) is 73.3 Å². The lowest BCUT2D eigenvalue weighted by molar-refractivity contribution is 0.444. The third-order valence-corrected chi connectivity index (χ3v) is 16.8. The lowest BCUT2D eigenvalue weighted by Gasteiger charge is -2.35. The van der Waals surface area contributed by atoms with Gasteiger partial charge < -0.3 is 9.13 Å². The first kappa shape index (κ1) is 43.1. The Morgan fingerprint density at radius 1 is 0.478 bits per heavy atom. The Hall–Kier alpha value is -5.23. The molecule has 5 nitrogen and oxygen atoms in total. The normalized spacial score (nSPS) is 17.1. The quantitative estimate of drug-likeness (QED) is 0.166. The Kier molecular flexibility index (Phi) is 9.42. The van der Waals surface area contributed by atoms with E-state index in [1.54, 1.807) is 23.8 Å². The average Bonchev–Trinajstić information content (AvgIpc) is 3.81. The zero-order chi connectivity index (χ0) is 46.7. The van der Waals surface area contributed by atoms with E-state index in [9.17, 15) is 0 Å². The topological polar surface area (TPSA) is 48.5 Å². The van der Waals surface area contributed by atoms with Crippen LogP contribution < -0.4 is 16.4 Å². The molecular formula is C61H70BN5. The van der Waals surface area contributed by atoms with Gasteiger partial charge in [0.05, 0.1) is 11.0 Å². The third-order valence-electron chi connectivity index (χ3n) is 16.8. The highest BCUT2D eigenvalue weighted by Gasteiger charge is 2.44. The Bertz CT molecular complexity index is 3140. The third kappa shape index (κ3) is 6.57. The van der Waals surface area contributed by atoms with Crippen LogP contribution in [0.3, 0.4) is 0 Å². The van der Waals surface area contributed by atoms with E-state index in [0.29, 0.717) is 17.7 Å². The summed E-state index contributed by atoms with van der Waals surface area (Å²) in [5.74, 6) is 1.85. The van der Waals surface area contributed by atoms with Crippen LogP contribution >= 0.6 is 0 Å². The maximum atomic E-state index is 4.87. The van der Waals surface area contributed by atoms with Crippen LogP contribution in [0.5, 0.6) is 0 Å². The number of benzene rings is 5. The Balaban J connectivity index is 1.33. The molecule has 0 atom stereocenters. The van der Waals surface area contributed by atoms with E-state index >= 15 is 0 Å². The second-order valence-corrected chi connectivity index (χ2v) is 25.5. The van der Waals surface area contributed by atoms with Gasteiger partial charge in [-0.1, -0.05) is 146 Å². The SMILES string of the molecule is CC(C)(C)c1cc(C(C)(C)C)c2c3cc(C4CCCCC4)cc4c3n(c2c1)-c1cc(-c2ncncn2)cc2c1B4c1cc(C3CCCCC3)cc3c4c(C(C)(C)C)cc(C(C)(C)C)cc4n-2c13. The number of hydrogen-bond acceptors (Lipinski definition) is 3. The fourth-order valence-electron chi connectivity index (χ4n) is 13.3. The van der Waals surface area contributed by atoms with E-state index in [1.165, 1.54) is 158 Å². The fraction of sp³-hybridized carbons (Fsp3) is 0.459. The summed E-state index contributed by atoms with van der Waals surface area (Å²) >= 11 is 0. The van der Waals surface area contributed by atoms with Crippen molar-refractivity contribution in [3.8, 4) is 22.8 Å². The van der Waals surface area contributed by atoms with E-state index in [0.717, 1.165) is 5.56 Å². The van der Waals surface area contributed by atoms with Crippen LogP contribution in [-0.4, -0.2) is 30.8 Å². The van der Waals surface area contributed by atoms with Gasteiger partial charge in [-0.25, -0.2) is 15.0 Å². The molecule has 0 saturated heterocycles. The molecule has 6 heteroatoms. The van der Waals surface area contributed by atoms with Crippen molar-refractivity contribution in [2.45, 2.75) is 181 Å². The van der Waals surface area contributed by atoms with Crippen molar-refractivity contribution >= 4 is 66.7 Å². The number of hydrogen-bond donors (Lipinski definition) is 0. The maximum Gasteiger partial charge on any atom is 0.252 e. The summed E-state index contributed by atoms with van der Waals surface area (Å²) in [7, 11) is 0. The molecule has 4 aliphatic rings. The standard InChI is InChI=1S/C61H70BN5/c1-58(2,3)40-29-44(60(7,8)9)52-42-23-37(35-19-15-13-16-20-35)25-46-55(42)66(48(52)31-40)50-27-39(57-64-33-63-34-65-57)28-51-54(50)62(46)47-26-38(36-21-17-14-18-22-36)24-43-53-45(61(10,11)12)30-41(59(4,5)6)32-49(53)67(51)56(43)47/h23-36H,13-22H2,1-12H3. The van der Waals surface area contributed by atoms with Gasteiger partial charge in [-0.2, -0.15) is 0 Å². The van der Waals surface area contributed by atoms with Crippen molar-refractivity contribution in [2.24, 2.45) is 0 Å². The van der Waals surface area contributed by atoms with Crippen LogP contribution in [0, 0.1) is 0 Å². The molecule has 2 aliphatic heterocycles. The molecule has 342 valence electrons. The number of fused-ring (bicyclic) bond motifs is 10. The van der Waals surface area contributed by atoms with Crippen LogP contribution in [0.1, 0.15) is 193 Å². The first-order valence-electron chi connectivity index (χ1n) is 25.9. The second-order valence-electron chi connectivity index (χ2n) is 25.5. The van der Waals surface area contributed by atoms with Gasteiger partial charge in [0.25, 0.3) is 6.71 Å². The molecule has 67 heavy (non-hydrogen) atoms. The second kappa shape index (κ2) is 14.6. The van der Waals surface area contributed by atoms with E-state index in [1.807, 2.05) is 0 Å².